The van der Waals surface area contributed by atoms with E-state index in [9.17, 15) is 17.6 Å². The van der Waals surface area contributed by atoms with Gasteiger partial charge < -0.3 is 10.6 Å². The maximum atomic E-state index is 13.6. The lowest BCUT2D eigenvalue weighted by Crippen LogP contribution is -2.51. The van der Waals surface area contributed by atoms with Crippen LogP contribution in [-0.2, 0) is 11.7 Å². The van der Waals surface area contributed by atoms with E-state index in [1.54, 1.807) is 0 Å². The molecule has 1 aromatic carbocycles. The first-order valence-corrected chi connectivity index (χ1v) is 7.76. The highest BCUT2D eigenvalue weighted by molar-refractivity contribution is 5.34. The predicted molar refractivity (Wildman–Crippen MR) is 76.0 cm³/mol. The van der Waals surface area contributed by atoms with Crippen LogP contribution >= 0.6 is 0 Å². The van der Waals surface area contributed by atoms with Gasteiger partial charge in [-0.2, -0.15) is 13.2 Å². The average Bonchev–Trinajstić information content (AvgIpc) is 2.89. The van der Waals surface area contributed by atoms with Crippen LogP contribution in [-0.4, -0.2) is 19.1 Å². The van der Waals surface area contributed by atoms with Crippen LogP contribution in [0.3, 0.4) is 0 Å². The van der Waals surface area contributed by atoms with Crippen LogP contribution in [0.4, 0.5) is 17.6 Å². The van der Waals surface area contributed by atoms with E-state index in [4.69, 9.17) is 0 Å². The standard InChI is InChI=1S/C16H20F4N2/c17-13-8-11(7-12(9-13)16(18,19)20)15(4-2-5-15)22-10-14-3-1-6-21-14/h7-9,14,21-22H,1-6,10H2/t14-/m1/s1. The average molecular weight is 316 g/mol. The molecule has 2 fully saturated rings. The molecule has 22 heavy (non-hydrogen) atoms. The minimum atomic E-state index is -4.52. The molecule has 1 saturated heterocycles. The molecule has 0 unspecified atom stereocenters. The zero-order valence-corrected chi connectivity index (χ0v) is 12.3. The third kappa shape index (κ3) is 3.13. The molecule has 1 aliphatic carbocycles. The van der Waals surface area contributed by atoms with Crippen LogP contribution in [0.15, 0.2) is 18.2 Å². The van der Waals surface area contributed by atoms with Crippen molar-refractivity contribution in [2.75, 3.05) is 13.1 Å². The Hall–Kier alpha value is -1.14. The van der Waals surface area contributed by atoms with Crippen molar-refractivity contribution < 1.29 is 17.6 Å². The summed E-state index contributed by atoms with van der Waals surface area (Å²) in [5.41, 5.74) is -0.995. The fourth-order valence-electron chi connectivity index (χ4n) is 3.38. The quantitative estimate of drug-likeness (QED) is 0.830. The number of rotatable bonds is 4. The van der Waals surface area contributed by atoms with Crippen LogP contribution < -0.4 is 10.6 Å². The molecule has 0 spiro atoms. The Bertz CT molecular complexity index is 531. The Morgan fingerprint density at radius 1 is 1.18 bits per heavy atom. The molecule has 6 heteroatoms. The summed E-state index contributed by atoms with van der Waals surface area (Å²) in [6.45, 7) is 1.69. The van der Waals surface area contributed by atoms with E-state index in [0.29, 0.717) is 24.2 Å². The lowest BCUT2D eigenvalue weighted by molar-refractivity contribution is -0.137. The minimum Gasteiger partial charge on any atom is -0.313 e. The molecule has 0 bridgehead atoms. The summed E-state index contributed by atoms with van der Waals surface area (Å²) in [4.78, 5) is 0. The number of hydrogen-bond acceptors (Lipinski definition) is 2. The number of benzene rings is 1. The highest BCUT2D eigenvalue weighted by Gasteiger charge is 2.41. The summed E-state index contributed by atoms with van der Waals surface area (Å²) < 4.78 is 52.3. The van der Waals surface area contributed by atoms with Crippen molar-refractivity contribution in [3.63, 3.8) is 0 Å². The molecule has 2 N–H and O–H groups in total. The molecule has 1 atom stereocenters. The Labute approximate surface area is 127 Å². The molecule has 2 aliphatic rings. The zero-order chi connectivity index (χ0) is 15.8. The largest absolute Gasteiger partial charge is 0.416 e. The van der Waals surface area contributed by atoms with Gasteiger partial charge in [0.05, 0.1) is 5.56 Å². The zero-order valence-electron chi connectivity index (χ0n) is 12.3. The van der Waals surface area contributed by atoms with E-state index in [0.717, 1.165) is 44.7 Å². The number of hydrogen-bond donors (Lipinski definition) is 2. The van der Waals surface area contributed by atoms with Gasteiger partial charge in [0, 0.05) is 18.1 Å². The second kappa shape index (κ2) is 5.81. The number of alkyl halides is 3. The molecule has 0 amide bonds. The van der Waals surface area contributed by atoms with Crippen LogP contribution in [0.1, 0.15) is 43.2 Å². The molecule has 1 heterocycles. The molecule has 2 nitrogen and oxygen atoms in total. The number of halogens is 4. The molecule has 0 radical (unpaired) electrons. The molecular weight excluding hydrogens is 296 g/mol. The van der Waals surface area contributed by atoms with Crippen molar-refractivity contribution in [2.24, 2.45) is 0 Å². The SMILES string of the molecule is Fc1cc(C(F)(F)F)cc(C2(NC[C@H]3CCCN3)CCC2)c1. The van der Waals surface area contributed by atoms with Crippen LogP contribution in [0.25, 0.3) is 0 Å². The van der Waals surface area contributed by atoms with Gasteiger partial charge in [0.2, 0.25) is 0 Å². The van der Waals surface area contributed by atoms with Crippen molar-refractivity contribution in [1.29, 1.82) is 0 Å². The molecule has 0 aromatic heterocycles. The first-order chi connectivity index (χ1) is 10.4. The van der Waals surface area contributed by atoms with Crippen LogP contribution in [0.2, 0.25) is 0 Å². The summed E-state index contributed by atoms with van der Waals surface area (Å²) in [6, 6.07) is 3.25. The maximum Gasteiger partial charge on any atom is 0.416 e. The minimum absolute atomic E-state index is 0.355. The van der Waals surface area contributed by atoms with E-state index < -0.39 is 23.1 Å². The van der Waals surface area contributed by atoms with E-state index >= 15 is 0 Å². The molecular formula is C16H20F4N2. The van der Waals surface area contributed by atoms with Gasteiger partial charge in [0.15, 0.2) is 0 Å². The Morgan fingerprint density at radius 3 is 2.50 bits per heavy atom. The summed E-state index contributed by atoms with van der Waals surface area (Å²) in [5.74, 6) is -0.822. The van der Waals surface area contributed by atoms with Crippen molar-refractivity contribution in [3.05, 3.63) is 35.1 Å². The fraction of sp³-hybridized carbons (Fsp3) is 0.625. The van der Waals surface area contributed by atoms with Crippen LogP contribution in [0, 0.1) is 5.82 Å². The first-order valence-electron chi connectivity index (χ1n) is 7.76. The van der Waals surface area contributed by atoms with Crippen molar-refractivity contribution in [2.45, 2.75) is 49.9 Å². The molecule has 3 rings (SSSR count). The van der Waals surface area contributed by atoms with E-state index in [-0.39, 0.29) is 0 Å². The van der Waals surface area contributed by atoms with Gasteiger partial charge in [-0.05, 0) is 62.4 Å². The van der Waals surface area contributed by atoms with Crippen molar-refractivity contribution in [1.82, 2.24) is 10.6 Å². The second-order valence-corrected chi connectivity index (χ2v) is 6.34. The molecule has 1 aliphatic heterocycles. The van der Waals surface area contributed by atoms with E-state index in [1.165, 1.54) is 6.07 Å². The lowest BCUT2D eigenvalue weighted by atomic mass is 9.71. The number of nitrogens with one attached hydrogen (secondary N) is 2. The third-order valence-electron chi connectivity index (χ3n) is 4.83. The highest BCUT2D eigenvalue weighted by Crippen LogP contribution is 2.43. The second-order valence-electron chi connectivity index (χ2n) is 6.34. The summed E-state index contributed by atoms with van der Waals surface area (Å²) in [5, 5.41) is 6.76. The van der Waals surface area contributed by atoms with Gasteiger partial charge in [-0.1, -0.05) is 0 Å². The maximum absolute atomic E-state index is 13.6. The van der Waals surface area contributed by atoms with Gasteiger partial charge >= 0.3 is 6.18 Å². The van der Waals surface area contributed by atoms with Crippen LogP contribution in [0.5, 0.6) is 0 Å². The lowest BCUT2D eigenvalue weighted by Gasteiger charge is -2.44. The first kappa shape index (κ1) is 15.7. The van der Waals surface area contributed by atoms with Gasteiger partial charge in [-0.25, -0.2) is 4.39 Å². The van der Waals surface area contributed by atoms with Gasteiger partial charge in [0.25, 0.3) is 0 Å². The Kier molecular flexibility index (Phi) is 4.16. The van der Waals surface area contributed by atoms with Gasteiger partial charge in [-0.3, -0.25) is 0 Å². The van der Waals surface area contributed by atoms with Crippen molar-refractivity contribution in [3.8, 4) is 0 Å². The summed E-state index contributed by atoms with van der Waals surface area (Å²) >= 11 is 0. The monoisotopic (exact) mass is 316 g/mol. The molecule has 1 saturated carbocycles. The Morgan fingerprint density at radius 2 is 1.95 bits per heavy atom. The Balaban J connectivity index is 1.81. The third-order valence-corrected chi connectivity index (χ3v) is 4.83. The normalized spacial score (nSPS) is 24.3. The fourth-order valence-corrected chi connectivity index (χ4v) is 3.38. The predicted octanol–water partition coefficient (Wildman–Crippen LogP) is 3.57. The molecule has 1 aromatic rings. The van der Waals surface area contributed by atoms with Gasteiger partial charge in [0.1, 0.15) is 5.82 Å². The smallest absolute Gasteiger partial charge is 0.313 e. The topological polar surface area (TPSA) is 24.1 Å². The molecule has 122 valence electrons. The van der Waals surface area contributed by atoms with E-state index in [2.05, 4.69) is 10.6 Å². The van der Waals surface area contributed by atoms with Gasteiger partial charge in [-0.15, -0.1) is 0 Å². The summed E-state index contributed by atoms with van der Waals surface area (Å²) in [7, 11) is 0. The van der Waals surface area contributed by atoms with Crippen molar-refractivity contribution >= 4 is 0 Å². The summed E-state index contributed by atoms with van der Waals surface area (Å²) in [6.07, 6.45) is 0.121. The highest BCUT2D eigenvalue weighted by atomic mass is 19.4. The van der Waals surface area contributed by atoms with E-state index in [1.807, 2.05) is 0 Å².